The molecule has 2 heteroatoms. The first-order chi connectivity index (χ1) is 5.45. The van der Waals surface area contributed by atoms with Crippen molar-refractivity contribution >= 4 is 0 Å². The molecule has 0 aromatic rings. The van der Waals surface area contributed by atoms with Crippen LogP contribution < -0.4 is 0 Å². The average molecular weight is 174 g/mol. The predicted molar refractivity (Wildman–Crippen MR) is 50.9 cm³/mol. The Morgan fingerprint density at radius 3 is 2.33 bits per heavy atom. The number of rotatable bonds is 5. The summed E-state index contributed by atoms with van der Waals surface area (Å²) in [5.74, 6) is 0.677. The van der Waals surface area contributed by atoms with Crippen molar-refractivity contribution in [2.45, 2.75) is 40.5 Å². The highest BCUT2D eigenvalue weighted by Crippen LogP contribution is 2.25. The quantitative estimate of drug-likeness (QED) is 0.512. The van der Waals surface area contributed by atoms with Gasteiger partial charge in [0.05, 0.1) is 0 Å². The average Bonchev–Trinajstić information content (AvgIpc) is 1.84. The molecule has 12 heavy (non-hydrogen) atoms. The lowest BCUT2D eigenvalue weighted by Crippen LogP contribution is -2.12. The summed E-state index contributed by atoms with van der Waals surface area (Å²) in [6.45, 7) is 9.49. The van der Waals surface area contributed by atoms with E-state index in [-0.39, 0.29) is 6.79 Å². The smallest absolute Gasteiger partial charge is 0.143 e. The van der Waals surface area contributed by atoms with Crippen LogP contribution in [0.3, 0.4) is 0 Å². The third kappa shape index (κ3) is 8.02. The summed E-state index contributed by atoms with van der Waals surface area (Å²) >= 11 is 0. The molecule has 74 valence electrons. The van der Waals surface area contributed by atoms with E-state index in [0.717, 1.165) is 6.42 Å². The SMILES string of the molecule is C[C@@H](CCOCO)CC(C)(C)C. The molecule has 0 spiro atoms. The van der Waals surface area contributed by atoms with Gasteiger partial charge in [0.15, 0.2) is 0 Å². The van der Waals surface area contributed by atoms with Crippen LogP contribution in [0.25, 0.3) is 0 Å². The number of ether oxygens (including phenoxy) is 1. The molecule has 1 N–H and O–H groups in total. The van der Waals surface area contributed by atoms with Crippen molar-refractivity contribution < 1.29 is 9.84 Å². The van der Waals surface area contributed by atoms with Crippen LogP contribution in [0.4, 0.5) is 0 Å². The van der Waals surface area contributed by atoms with Crippen molar-refractivity contribution in [3.63, 3.8) is 0 Å². The first kappa shape index (κ1) is 11.9. The Morgan fingerprint density at radius 1 is 1.33 bits per heavy atom. The van der Waals surface area contributed by atoms with Crippen LogP contribution in [0.15, 0.2) is 0 Å². The summed E-state index contributed by atoms with van der Waals surface area (Å²) in [7, 11) is 0. The Kier molecular flexibility index (Phi) is 5.51. The summed E-state index contributed by atoms with van der Waals surface area (Å²) in [4.78, 5) is 0. The minimum absolute atomic E-state index is 0.151. The molecule has 0 aliphatic heterocycles. The zero-order chi connectivity index (χ0) is 9.61. The molecule has 1 atom stereocenters. The highest BCUT2D eigenvalue weighted by molar-refractivity contribution is 4.65. The Balaban J connectivity index is 3.40. The monoisotopic (exact) mass is 174 g/mol. The van der Waals surface area contributed by atoms with Gasteiger partial charge in [-0.05, 0) is 24.2 Å². The Morgan fingerprint density at radius 2 is 1.92 bits per heavy atom. The molecule has 0 radical (unpaired) electrons. The van der Waals surface area contributed by atoms with Crippen LogP contribution in [-0.4, -0.2) is 18.5 Å². The Labute approximate surface area is 75.9 Å². The topological polar surface area (TPSA) is 29.5 Å². The van der Waals surface area contributed by atoms with E-state index in [0.29, 0.717) is 17.9 Å². The maximum Gasteiger partial charge on any atom is 0.143 e. The predicted octanol–water partition coefficient (Wildman–Crippen LogP) is 2.42. The maximum atomic E-state index is 8.39. The minimum Gasteiger partial charge on any atom is -0.371 e. The van der Waals surface area contributed by atoms with Crippen LogP contribution in [0.2, 0.25) is 0 Å². The lowest BCUT2D eigenvalue weighted by atomic mass is 9.84. The van der Waals surface area contributed by atoms with Gasteiger partial charge in [0.25, 0.3) is 0 Å². The van der Waals surface area contributed by atoms with Crippen LogP contribution in [0, 0.1) is 11.3 Å². The molecule has 0 heterocycles. The van der Waals surface area contributed by atoms with E-state index in [1.807, 2.05) is 0 Å². The maximum absolute atomic E-state index is 8.39. The van der Waals surface area contributed by atoms with E-state index < -0.39 is 0 Å². The third-order valence-electron chi connectivity index (χ3n) is 1.81. The first-order valence-corrected chi connectivity index (χ1v) is 4.64. The van der Waals surface area contributed by atoms with E-state index in [2.05, 4.69) is 27.7 Å². The number of aliphatic hydroxyl groups is 1. The molecular weight excluding hydrogens is 152 g/mol. The van der Waals surface area contributed by atoms with Crippen molar-refractivity contribution in [1.29, 1.82) is 0 Å². The molecule has 0 amide bonds. The fraction of sp³-hybridized carbons (Fsp3) is 1.00. The molecule has 0 aliphatic rings. The molecule has 0 unspecified atom stereocenters. The summed E-state index contributed by atoms with van der Waals surface area (Å²) < 4.78 is 4.87. The van der Waals surface area contributed by atoms with Gasteiger partial charge in [-0.2, -0.15) is 0 Å². The van der Waals surface area contributed by atoms with Gasteiger partial charge in [-0.3, -0.25) is 0 Å². The zero-order valence-electron chi connectivity index (χ0n) is 8.76. The van der Waals surface area contributed by atoms with Gasteiger partial charge in [0, 0.05) is 6.61 Å². The van der Waals surface area contributed by atoms with Crippen molar-refractivity contribution in [2.24, 2.45) is 11.3 Å². The van der Waals surface area contributed by atoms with Gasteiger partial charge in [0.1, 0.15) is 6.79 Å². The fourth-order valence-corrected chi connectivity index (χ4v) is 1.50. The zero-order valence-corrected chi connectivity index (χ0v) is 8.76. The molecule has 0 rings (SSSR count). The van der Waals surface area contributed by atoms with Crippen LogP contribution >= 0.6 is 0 Å². The fourth-order valence-electron chi connectivity index (χ4n) is 1.50. The summed E-state index contributed by atoms with van der Waals surface area (Å²) in [5, 5.41) is 8.39. The summed E-state index contributed by atoms with van der Waals surface area (Å²) in [6, 6.07) is 0. The van der Waals surface area contributed by atoms with Gasteiger partial charge in [-0.25, -0.2) is 0 Å². The van der Waals surface area contributed by atoms with Gasteiger partial charge < -0.3 is 9.84 Å². The van der Waals surface area contributed by atoms with Crippen molar-refractivity contribution in [2.75, 3.05) is 13.4 Å². The van der Waals surface area contributed by atoms with Crippen molar-refractivity contribution in [3.05, 3.63) is 0 Å². The van der Waals surface area contributed by atoms with Gasteiger partial charge in [-0.1, -0.05) is 27.7 Å². The number of hydrogen-bond acceptors (Lipinski definition) is 2. The van der Waals surface area contributed by atoms with Crippen LogP contribution in [0.1, 0.15) is 40.5 Å². The van der Waals surface area contributed by atoms with E-state index in [1.165, 1.54) is 6.42 Å². The largest absolute Gasteiger partial charge is 0.371 e. The second kappa shape index (κ2) is 5.55. The van der Waals surface area contributed by atoms with Gasteiger partial charge in [-0.15, -0.1) is 0 Å². The van der Waals surface area contributed by atoms with E-state index in [4.69, 9.17) is 9.84 Å². The van der Waals surface area contributed by atoms with Crippen molar-refractivity contribution in [3.8, 4) is 0 Å². The van der Waals surface area contributed by atoms with E-state index in [9.17, 15) is 0 Å². The van der Waals surface area contributed by atoms with Crippen LogP contribution in [0.5, 0.6) is 0 Å². The van der Waals surface area contributed by atoms with Crippen LogP contribution in [-0.2, 0) is 4.74 Å². The molecule has 0 aromatic heterocycles. The third-order valence-corrected chi connectivity index (χ3v) is 1.81. The molecule has 2 nitrogen and oxygen atoms in total. The summed E-state index contributed by atoms with van der Waals surface area (Å²) in [5.41, 5.74) is 0.401. The lowest BCUT2D eigenvalue weighted by molar-refractivity contribution is -0.00726. The van der Waals surface area contributed by atoms with Gasteiger partial charge in [0.2, 0.25) is 0 Å². The molecule has 0 aliphatic carbocycles. The number of hydrogen-bond donors (Lipinski definition) is 1. The molecule has 0 saturated carbocycles. The number of aliphatic hydroxyl groups excluding tert-OH is 1. The second-order valence-corrected chi connectivity index (χ2v) is 4.70. The molecule has 0 fully saturated rings. The molecular formula is C10H22O2. The van der Waals surface area contributed by atoms with E-state index >= 15 is 0 Å². The molecule has 0 aromatic carbocycles. The lowest BCUT2D eigenvalue weighted by Gasteiger charge is -2.22. The highest BCUT2D eigenvalue weighted by atomic mass is 16.6. The normalized spacial score (nSPS) is 14.8. The standard InChI is InChI=1S/C10H22O2/c1-9(5-6-12-8-11)7-10(2,3)4/h9,11H,5-8H2,1-4H3/t9-/m0/s1. The first-order valence-electron chi connectivity index (χ1n) is 4.64. The Hall–Kier alpha value is -0.0800. The molecule has 0 saturated heterocycles. The summed E-state index contributed by atoms with van der Waals surface area (Å²) in [6.07, 6.45) is 2.25. The van der Waals surface area contributed by atoms with Gasteiger partial charge >= 0.3 is 0 Å². The van der Waals surface area contributed by atoms with E-state index in [1.54, 1.807) is 0 Å². The second-order valence-electron chi connectivity index (χ2n) is 4.70. The molecule has 0 bridgehead atoms. The van der Waals surface area contributed by atoms with Crippen molar-refractivity contribution in [1.82, 2.24) is 0 Å². The Bertz CT molecular complexity index is 105. The highest BCUT2D eigenvalue weighted by Gasteiger charge is 2.14. The minimum atomic E-state index is -0.151.